The number of carbonyl (C=O) groups excluding carboxylic acids is 1. The van der Waals surface area contributed by atoms with E-state index < -0.39 is 17.6 Å². The van der Waals surface area contributed by atoms with Crippen LogP contribution in [0.1, 0.15) is 20.9 Å². The smallest absolute Gasteiger partial charge is 0.319 e. The molecule has 0 fully saturated rings. The predicted molar refractivity (Wildman–Crippen MR) is 104 cm³/mol. The maximum absolute atomic E-state index is 13.2. The highest BCUT2D eigenvalue weighted by molar-refractivity contribution is 7.22. The Labute approximate surface area is 170 Å². The molecule has 1 amide bonds. The van der Waals surface area contributed by atoms with Crippen molar-refractivity contribution in [2.45, 2.75) is 13.1 Å². The highest BCUT2D eigenvalue weighted by Crippen LogP contribution is 2.35. The number of amides is 1. The van der Waals surface area contributed by atoms with Gasteiger partial charge in [0.05, 0.1) is 27.5 Å². The van der Waals surface area contributed by atoms with Crippen LogP contribution in [0.5, 0.6) is 0 Å². The topological polar surface area (TPSA) is 72.7 Å². The van der Waals surface area contributed by atoms with E-state index in [4.69, 9.17) is 0 Å². The fourth-order valence-corrected chi connectivity index (χ4v) is 4.40. The lowest BCUT2D eigenvalue weighted by Crippen LogP contribution is -2.15. The number of thiazole rings is 1. The second-order valence-electron chi connectivity index (χ2n) is 5.93. The van der Waals surface area contributed by atoms with E-state index in [-0.39, 0.29) is 11.4 Å². The van der Waals surface area contributed by atoms with Gasteiger partial charge in [0.2, 0.25) is 0 Å². The van der Waals surface area contributed by atoms with E-state index in [1.807, 2.05) is 17.5 Å². The minimum Gasteiger partial charge on any atom is -0.319 e. The number of halogens is 3. The quantitative estimate of drug-likeness (QED) is 0.488. The van der Waals surface area contributed by atoms with Crippen molar-refractivity contribution in [2.75, 3.05) is 5.32 Å². The molecule has 148 valence electrons. The van der Waals surface area contributed by atoms with Crippen LogP contribution in [0.3, 0.4) is 0 Å². The predicted octanol–water partition coefficient (Wildman–Crippen LogP) is 5.03. The largest absolute Gasteiger partial charge is 0.416 e. The molecular formula is C18H12F3N5OS2. The molecule has 4 aromatic rings. The standard InChI is InChI=1S/C18H12F3N5OS2/c1-10-15(29-17(24-10)14-3-2-6-28-14)16(27)25-12-7-11(18(19,20)21)4-5-13(12)26-9-22-8-23-26/h2-9H,1H3,(H,25,27). The number of hydrogen-bond donors (Lipinski definition) is 1. The van der Waals surface area contributed by atoms with Crippen LogP contribution in [-0.4, -0.2) is 25.7 Å². The minimum atomic E-state index is -4.55. The summed E-state index contributed by atoms with van der Waals surface area (Å²) in [5.41, 5.74) is -0.132. The third kappa shape index (κ3) is 3.91. The van der Waals surface area contributed by atoms with E-state index >= 15 is 0 Å². The van der Waals surface area contributed by atoms with Gasteiger partial charge in [-0.2, -0.15) is 18.3 Å². The number of nitrogens with zero attached hydrogens (tertiary/aromatic N) is 4. The Hall–Kier alpha value is -3.05. The zero-order valence-electron chi connectivity index (χ0n) is 14.8. The van der Waals surface area contributed by atoms with Crippen molar-refractivity contribution < 1.29 is 18.0 Å². The molecule has 0 unspecified atom stereocenters. The zero-order chi connectivity index (χ0) is 20.6. The summed E-state index contributed by atoms with van der Waals surface area (Å²) in [5.74, 6) is -0.538. The SMILES string of the molecule is Cc1nc(-c2cccs2)sc1C(=O)Nc1cc(C(F)(F)F)ccc1-n1cncn1. The Kier molecular flexibility index (Phi) is 4.92. The van der Waals surface area contributed by atoms with Crippen molar-refractivity contribution in [3.8, 4) is 15.6 Å². The summed E-state index contributed by atoms with van der Waals surface area (Å²) in [4.78, 5) is 22.3. The first kappa shape index (κ1) is 19.3. The van der Waals surface area contributed by atoms with Gasteiger partial charge in [0, 0.05) is 0 Å². The van der Waals surface area contributed by atoms with Crippen LogP contribution in [-0.2, 0) is 6.18 Å². The number of aromatic nitrogens is 4. The van der Waals surface area contributed by atoms with Gasteiger partial charge in [-0.1, -0.05) is 6.07 Å². The van der Waals surface area contributed by atoms with Gasteiger partial charge in [0.1, 0.15) is 22.5 Å². The first-order valence-corrected chi connectivity index (χ1v) is 9.91. The first-order chi connectivity index (χ1) is 13.8. The van der Waals surface area contributed by atoms with Crippen LogP contribution in [0.2, 0.25) is 0 Å². The number of nitrogens with one attached hydrogen (secondary N) is 1. The number of rotatable bonds is 4. The molecule has 0 saturated heterocycles. The number of benzene rings is 1. The maximum Gasteiger partial charge on any atom is 0.416 e. The lowest BCUT2D eigenvalue weighted by Gasteiger charge is -2.14. The molecule has 29 heavy (non-hydrogen) atoms. The number of alkyl halides is 3. The molecule has 1 N–H and O–H groups in total. The van der Waals surface area contributed by atoms with E-state index in [9.17, 15) is 18.0 Å². The van der Waals surface area contributed by atoms with Crippen molar-refractivity contribution in [3.05, 3.63) is 64.5 Å². The third-order valence-corrected chi connectivity index (χ3v) is 6.17. The molecule has 3 aromatic heterocycles. The second-order valence-corrected chi connectivity index (χ2v) is 7.88. The first-order valence-electron chi connectivity index (χ1n) is 8.22. The fraction of sp³-hybridized carbons (Fsp3) is 0.111. The number of thiophene rings is 1. The Morgan fingerprint density at radius 3 is 2.72 bits per heavy atom. The van der Waals surface area contributed by atoms with Gasteiger partial charge in [-0.05, 0) is 36.6 Å². The third-order valence-electron chi connectivity index (χ3n) is 3.97. The van der Waals surface area contributed by atoms with Crippen molar-refractivity contribution in [3.63, 3.8) is 0 Å². The molecule has 0 aliphatic carbocycles. The Bertz CT molecular complexity index is 1150. The lowest BCUT2D eigenvalue weighted by atomic mass is 10.1. The Balaban J connectivity index is 1.70. The summed E-state index contributed by atoms with van der Waals surface area (Å²) in [5, 5.41) is 9.10. The maximum atomic E-state index is 13.2. The highest BCUT2D eigenvalue weighted by Gasteiger charge is 2.31. The van der Waals surface area contributed by atoms with E-state index in [0.29, 0.717) is 15.6 Å². The average Bonchev–Trinajstić information content (AvgIpc) is 3.42. The fourth-order valence-electron chi connectivity index (χ4n) is 2.64. The summed E-state index contributed by atoms with van der Waals surface area (Å²) in [6.07, 6.45) is -1.96. The van der Waals surface area contributed by atoms with Gasteiger partial charge in [0.15, 0.2) is 0 Å². The molecule has 0 aliphatic rings. The van der Waals surface area contributed by atoms with E-state index in [1.54, 1.807) is 6.92 Å². The molecule has 1 aromatic carbocycles. The Morgan fingerprint density at radius 2 is 2.07 bits per heavy atom. The summed E-state index contributed by atoms with van der Waals surface area (Å²) in [6, 6.07) is 6.82. The molecule has 11 heteroatoms. The van der Waals surface area contributed by atoms with Crippen molar-refractivity contribution in [1.82, 2.24) is 19.7 Å². The molecule has 0 atom stereocenters. The van der Waals surface area contributed by atoms with Crippen LogP contribution in [0.4, 0.5) is 18.9 Å². The van der Waals surface area contributed by atoms with Crippen molar-refractivity contribution >= 4 is 34.3 Å². The molecule has 0 aliphatic heterocycles. The molecule has 0 bridgehead atoms. The molecule has 0 saturated carbocycles. The van der Waals surface area contributed by atoms with Crippen LogP contribution < -0.4 is 5.32 Å². The molecule has 0 spiro atoms. The van der Waals surface area contributed by atoms with Crippen LogP contribution in [0, 0.1) is 6.92 Å². The number of anilines is 1. The minimum absolute atomic E-state index is 0.0270. The average molecular weight is 435 g/mol. The molecule has 4 rings (SSSR count). The molecule has 3 heterocycles. The van der Waals surface area contributed by atoms with Crippen LogP contribution in [0.15, 0.2) is 48.4 Å². The van der Waals surface area contributed by atoms with Crippen molar-refractivity contribution in [2.24, 2.45) is 0 Å². The zero-order valence-corrected chi connectivity index (χ0v) is 16.4. The summed E-state index contributed by atoms with van der Waals surface area (Å²) < 4.78 is 40.8. The van der Waals surface area contributed by atoms with Gasteiger partial charge in [-0.15, -0.1) is 22.7 Å². The number of aryl methyl sites for hydroxylation is 1. The van der Waals surface area contributed by atoms with Gasteiger partial charge >= 0.3 is 6.18 Å². The molecule has 6 nitrogen and oxygen atoms in total. The molecule has 0 radical (unpaired) electrons. The van der Waals surface area contributed by atoms with E-state index in [0.717, 1.165) is 17.0 Å². The monoisotopic (exact) mass is 435 g/mol. The van der Waals surface area contributed by atoms with E-state index in [2.05, 4.69) is 20.4 Å². The van der Waals surface area contributed by atoms with Crippen LogP contribution in [0.25, 0.3) is 15.6 Å². The van der Waals surface area contributed by atoms with Crippen LogP contribution >= 0.6 is 22.7 Å². The number of carbonyl (C=O) groups is 1. The Morgan fingerprint density at radius 1 is 1.24 bits per heavy atom. The van der Waals surface area contributed by atoms with E-state index in [1.165, 1.54) is 46.1 Å². The molecular weight excluding hydrogens is 423 g/mol. The van der Waals surface area contributed by atoms with Crippen molar-refractivity contribution in [1.29, 1.82) is 0 Å². The van der Waals surface area contributed by atoms with Gasteiger partial charge in [-0.3, -0.25) is 4.79 Å². The normalized spacial score (nSPS) is 11.6. The summed E-state index contributed by atoms with van der Waals surface area (Å²) >= 11 is 2.68. The number of hydrogen-bond acceptors (Lipinski definition) is 6. The second kappa shape index (κ2) is 7.41. The highest BCUT2D eigenvalue weighted by atomic mass is 32.1. The summed E-state index contributed by atoms with van der Waals surface area (Å²) in [7, 11) is 0. The van der Waals surface area contributed by atoms with Gasteiger partial charge in [0.25, 0.3) is 5.91 Å². The van der Waals surface area contributed by atoms with Gasteiger partial charge in [-0.25, -0.2) is 14.6 Å². The van der Waals surface area contributed by atoms with Gasteiger partial charge < -0.3 is 5.32 Å². The summed E-state index contributed by atoms with van der Waals surface area (Å²) in [6.45, 7) is 1.69. The lowest BCUT2D eigenvalue weighted by molar-refractivity contribution is -0.137.